The summed E-state index contributed by atoms with van der Waals surface area (Å²) < 4.78 is 4.61. The Morgan fingerprint density at radius 1 is 1.79 bits per heavy atom. The zero-order chi connectivity index (χ0) is 10.6. The quantitative estimate of drug-likeness (QED) is 0.326. The zero-order valence-electron chi connectivity index (χ0n) is 7.31. The van der Waals surface area contributed by atoms with Crippen molar-refractivity contribution < 1.29 is 14.7 Å². The van der Waals surface area contributed by atoms with Crippen molar-refractivity contribution in [1.82, 2.24) is 4.98 Å². The minimum Gasteiger partial charge on any atom is -0.461 e. The highest BCUT2D eigenvalue weighted by molar-refractivity contribution is 7.07. The van der Waals surface area contributed by atoms with Crippen molar-refractivity contribution in [2.75, 3.05) is 6.61 Å². The fourth-order valence-corrected chi connectivity index (χ4v) is 1.36. The summed E-state index contributed by atoms with van der Waals surface area (Å²) in [5.41, 5.74) is -0.147. The molecule has 0 bridgehead atoms. The van der Waals surface area contributed by atoms with Crippen LogP contribution in [0.1, 0.15) is 12.6 Å². The van der Waals surface area contributed by atoms with Gasteiger partial charge in [-0.15, -0.1) is 0 Å². The average Bonchev–Trinajstić information content (AvgIpc) is 2.54. The van der Waals surface area contributed by atoms with Crippen LogP contribution in [0.2, 0.25) is 0 Å². The molecule has 0 aliphatic carbocycles. The Morgan fingerprint density at radius 3 is 2.93 bits per heavy atom. The molecule has 1 rings (SSSR count). The predicted molar refractivity (Wildman–Crippen MR) is 49.9 cm³/mol. The highest BCUT2D eigenvalue weighted by atomic mass is 32.1. The van der Waals surface area contributed by atoms with Crippen LogP contribution < -0.4 is 4.87 Å². The van der Waals surface area contributed by atoms with Crippen LogP contribution in [0.5, 0.6) is 0 Å². The van der Waals surface area contributed by atoms with Gasteiger partial charge >= 0.3 is 10.8 Å². The molecule has 2 N–H and O–H groups in total. The van der Waals surface area contributed by atoms with E-state index in [1.165, 1.54) is 5.38 Å². The van der Waals surface area contributed by atoms with Gasteiger partial charge in [0.05, 0.1) is 12.3 Å². The Labute approximate surface area is 82.8 Å². The Hall–Kier alpha value is -1.63. The van der Waals surface area contributed by atoms with Gasteiger partial charge in [0.15, 0.2) is 0 Å². The molecular weight excluding hydrogens is 208 g/mol. The zero-order valence-corrected chi connectivity index (χ0v) is 8.13. The van der Waals surface area contributed by atoms with E-state index in [1.54, 1.807) is 6.92 Å². The second-order valence-electron chi connectivity index (χ2n) is 2.23. The molecule has 0 atom stereocenters. The van der Waals surface area contributed by atoms with Gasteiger partial charge in [-0.25, -0.2) is 4.79 Å². The number of nitrogens with one attached hydrogen (secondary N) is 1. The van der Waals surface area contributed by atoms with Crippen molar-refractivity contribution >= 4 is 23.0 Å². The number of esters is 1. The second-order valence-corrected chi connectivity index (χ2v) is 3.07. The highest BCUT2D eigenvalue weighted by Gasteiger charge is 2.17. The lowest BCUT2D eigenvalue weighted by molar-refractivity contribution is -0.135. The summed E-state index contributed by atoms with van der Waals surface area (Å²) in [6.45, 7) is 1.80. The molecule has 0 radical (unpaired) electrons. The van der Waals surface area contributed by atoms with E-state index in [1.807, 2.05) is 0 Å². The third-order valence-corrected chi connectivity index (χ3v) is 2.01. The predicted octanol–water partition coefficient (Wildman–Crippen LogP) is 0.178. The van der Waals surface area contributed by atoms with Gasteiger partial charge in [0, 0.05) is 5.38 Å². The Bertz CT molecular complexity index is 406. The van der Waals surface area contributed by atoms with Crippen molar-refractivity contribution in [3.63, 3.8) is 0 Å². The maximum atomic E-state index is 11.2. The van der Waals surface area contributed by atoms with Gasteiger partial charge in [-0.2, -0.15) is 0 Å². The topological polar surface area (TPSA) is 91.8 Å². The number of carbonyl (C=O) groups excluding carboxylic acids is 1. The fourth-order valence-electron chi connectivity index (χ4n) is 0.800. The number of hydrogen-bond donors (Lipinski definition) is 2. The monoisotopic (exact) mass is 216 g/mol. The Balaban J connectivity index is 2.94. The minimum absolute atomic E-state index is 0.154. The van der Waals surface area contributed by atoms with E-state index in [4.69, 9.17) is 5.21 Å². The summed E-state index contributed by atoms with van der Waals surface area (Å²) in [5, 5.41) is 12.7. The minimum atomic E-state index is -0.774. The number of aromatic amines is 1. The van der Waals surface area contributed by atoms with Crippen molar-refractivity contribution in [1.29, 1.82) is 0 Å². The molecule has 0 saturated carbocycles. The van der Waals surface area contributed by atoms with Crippen LogP contribution in [0.3, 0.4) is 0 Å². The molecule has 7 heteroatoms. The van der Waals surface area contributed by atoms with E-state index < -0.39 is 5.97 Å². The first-order chi connectivity index (χ1) is 6.69. The van der Waals surface area contributed by atoms with E-state index in [0.717, 1.165) is 11.3 Å². The third-order valence-electron chi connectivity index (χ3n) is 1.34. The molecule has 76 valence electrons. The van der Waals surface area contributed by atoms with Crippen molar-refractivity contribution in [2.24, 2.45) is 5.16 Å². The third kappa shape index (κ3) is 2.19. The summed E-state index contributed by atoms with van der Waals surface area (Å²) >= 11 is 0.873. The lowest BCUT2D eigenvalue weighted by Gasteiger charge is -2.00. The molecule has 6 nitrogen and oxygen atoms in total. The number of H-pyrrole nitrogens is 1. The first-order valence-electron chi connectivity index (χ1n) is 3.76. The summed E-state index contributed by atoms with van der Waals surface area (Å²) in [5.74, 6) is -0.774. The molecule has 0 aliphatic rings. The van der Waals surface area contributed by atoms with E-state index >= 15 is 0 Å². The summed E-state index contributed by atoms with van der Waals surface area (Å²) in [4.78, 5) is 23.9. The van der Waals surface area contributed by atoms with Gasteiger partial charge < -0.3 is 14.9 Å². The molecule has 1 heterocycles. The number of oxime groups is 1. The summed E-state index contributed by atoms with van der Waals surface area (Å²) in [6, 6.07) is 0. The average molecular weight is 216 g/mol. The van der Waals surface area contributed by atoms with Gasteiger partial charge in [0.2, 0.25) is 5.71 Å². The largest absolute Gasteiger partial charge is 0.461 e. The van der Waals surface area contributed by atoms with Crippen LogP contribution in [-0.4, -0.2) is 28.5 Å². The number of aromatic nitrogens is 1. The number of hydrogen-bond acceptors (Lipinski definition) is 6. The van der Waals surface area contributed by atoms with E-state index in [9.17, 15) is 9.59 Å². The highest BCUT2D eigenvalue weighted by Crippen LogP contribution is 2.00. The molecule has 1 aromatic rings. The van der Waals surface area contributed by atoms with Gasteiger partial charge in [0.1, 0.15) is 0 Å². The van der Waals surface area contributed by atoms with Gasteiger partial charge in [-0.05, 0) is 6.92 Å². The van der Waals surface area contributed by atoms with E-state index in [-0.39, 0.29) is 22.9 Å². The van der Waals surface area contributed by atoms with Crippen molar-refractivity contribution in [3.05, 3.63) is 20.7 Å². The lowest BCUT2D eigenvalue weighted by Crippen LogP contribution is -2.20. The maximum absolute atomic E-state index is 11.2. The summed E-state index contributed by atoms with van der Waals surface area (Å²) in [7, 11) is 0. The van der Waals surface area contributed by atoms with E-state index in [0.29, 0.717) is 0 Å². The molecule has 0 amide bonds. The molecule has 14 heavy (non-hydrogen) atoms. The molecular formula is C7H8N2O4S. The molecule has 0 fully saturated rings. The van der Waals surface area contributed by atoms with Crippen LogP contribution in [0.4, 0.5) is 0 Å². The van der Waals surface area contributed by atoms with Crippen LogP contribution in [0.15, 0.2) is 15.3 Å². The first-order valence-corrected chi connectivity index (χ1v) is 4.64. The number of rotatable bonds is 3. The van der Waals surface area contributed by atoms with Crippen LogP contribution in [0.25, 0.3) is 0 Å². The smallest absolute Gasteiger partial charge is 0.362 e. The van der Waals surface area contributed by atoms with Crippen molar-refractivity contribution in [2.45, 2.75) is 6.92 Å². The first kappa shape index (κ1) is 10.5. The number of ether oxygens (including phenoxy) is 1. The molecule has 0 unspecified atom stereocenters. The Kier molecular flexibility index (Phi) is 3.41. The number of thiazole rings is 1. The number of carbonyl (C=O) groups is 1. The SMILES string of the molecule is CCOC(=O)/C(=N/O)c1csc(=O)[nH]1. The molecule has 0 aromatic carbocycles. The van der Waals surface area contributed by atoms with Crippen LogP contribution >= 0.6 is 11.3 Å². The van der Waals surface area contributed by atoms with E-state index in [2.05, 4.69) is 14.9 Å². The normalized spacial score (nSPS) is 11.4. The lowest BCUT2D eigenvalue weighted by atomic mass is 10.3. The molecule has 0 saturated heterocycles. The molecule has 0 aliphatic heterocycles. The molecule has 0 spiro atoms. The maximum Gasteiger partial charge on any atom is 0.362 e. The standard InChI is InChI=1S/C7H8N2O4S/c1-2-13-6(10)5(9-12)4-3-14-7(11)8-4/h3,12H,2H2,1H3,(H,8,11)/b9-5+. The number of nitrogens with zero attached hydrogens (tertiary/aromatic N) is 1. The van der Waals surface area contributed by atoms with Crippen molar-refractivity contribution in [3.8, 4) is 0 Å². The fraction of sp³-hybridized carbons (Fsp3) is 0.286. The van der Waals surface area contributed by atoms with Gasteiger partial charge in [-0.3, -0.25) is 4.79 Å². The summed E-state index contributed by atoms with van der Waals surface area (Å²) in [6.07, 6.45) is 0. The van der Waals surface area contributed by atoms with Crippen LogP contribution in [0, 0.1) is 0 Å². The van der Waals surface area contributed by atoms with Gasteiger partial charge in [-0.1, -0.05) is 16.5 Å². The Morgan fingerprint density at radius 2 is 2.50 bits per heavy atom. The second kappa shape index (κ2) is 4.56. The molecule has 1 aromatic heterocycles. The van der Waals surface area contributed by atoms with Crippen LogP contribution in [-0.2, 0) is 9.53 Å². The van der Waals surface area contributed by atoms with Gasteiger partial charge in [0.25, 0.3) is 0 Å².